The molecule has 1 atom stereocenters. The average Bonchev–Trinajstić information content (AvgIpc) is 2.58. The third-order valence-electron chi connectivity index (χ3n) is 2.16. The highest BCUT2D eigenvalue weighted by Crippen LogP contribution is 2.21. The standard InChI is InChI=1S/C8H12N2O.ClH/c1-2-7(6-9-4-1)8-3-5-10-11-8;/h3,5,7,9H,1-2,4,6H2;1H/t7-;/m1./s1. The smallest absolute Gasteiger partial charge is 0.141 e. The number of hydrogen-bond acceptors (Lipinski definition) is 3. The van der Waals surface area contributed by atoms with Crippen molar-refractivity contribution >= 4 is 12.4 Å². The van der Waals surface area contributed by atoms with E-state index in [1.54, 1.807) is 6.20 Å². The highest BCUT2D eigenvalue weighted by atomic mass is 35.5. The summed E-state index contributed by atoms with van der Waals surface area (Å²) in [4.78, 5) is 0. The van der Waals surface area contributed by atoms with Crippen molar-refractivity contribution in [1.82, 2.24) is 10.5 Å². The lowest BCUT2D eigenvalue weighted by Gasteiger charge is -2.19. The molecule has 68 valence electrons. The van der Waals surface area contributed by atoms with Crippen molar-refractivity contribution in [3.05, 3.63) is 18.0 Å². The summed E-state index contributed by atoms with van der Waals surface area (Å²) in [5, 5.41) is 7.03. The van der Waals surface area contributed by atoms with Crippen LogP contribution < -0.4 is 5.32 Å². The van der Waals surface area contributed by atoms with E-state index in [2.05, 4.69) is 10.5 Å². The number of hydrogen-bond donors (Lipinski definition) is 1. The summed E-state index contributed by atoms with van der Waals surface area (Å²) >= 11 is 0. The molecule has 1 aliphatic heterocycles. The lowest BCUT2D eigenvalue weighted by molar-refractivity contribution is 0.329. The molecule has 1 aromatic rings. The second kappa shape index (κ2) is 4.48. The first-order chi connectivity index (χ1) is 5.47. The highest BCUT2D eigenvalue weighted by molar-refractivity contribution is 5.85. The minimum atomic E-state index is 0. The van der Waals surface area contributed by atoms with Crippen molar-refractivity contribution in [2.45, 2.75) is 18.8 Å². The van der Waals surface area contributed by atoms with Crippen LogP contribution in [0.25, 0.3) is 0 Å². The number of halogens is 1. The van der Waals surface area contributed by atoms with E-state index in [1.165, 1.54) is 12.8 Å². The van der Waals surface area contributed by atoms with Gasteiger partial charge in [-0.25, -0.2) is 0 Å². The molecule has 0 radical (unpaired) electrons. The summed E-state index contributed by atoms with van der Waals surface area (Å²) in [7, 11) is 0. The Kier molecular flexibility index (Phi) is 3.56. The van der Waals surface area contributed by atoms with E-state index in [0.717, 1.165) is 18.8 Å². The van der Waals surface area contributed by atoms with Crippen LogP contribution in [-0.2, 0) is 0 Å². The summed E-state index contributed by atoms with van der Waals surface area (Å²) in [5.41, 5.74) is 0. The minimum absolute atomic E-state index is 0. The van der Waals surface area contributed by atoms with Crippen molar-refractivity contribution in [2.75, 3.05) is 13.1 Å². The van der Waals surface area contributed by atoms with Gasteiger partial charge in [0, 0.05) is 18.5 Å². The zero-order chi connectivity index (χ0) is 7.52. The molecule has 1 fully saturated rings. The SMILES string of the molecule is Cl.c1cc([C@@H]2CCCNC2)on1. The largest absolute Gasteiger partial charge is 0.361 e. The Bertz CT molecular complexity index is 207. The van der Waals surface area contributed by atoms with Gasteiger partial charge in [0.2, 0.25) is 0 Å². The van der Waals surface area contributed by atoms with Crippen LogP contribution in [0.3, 0.4) is 0 Å². The van der Waals surface area contributed by atoms with Gasteiger partial charge in [0.1, 0.15) is 5.76 Å². The summed E-state index contributed by atoms with van der Waals surface area (Å²) in [6, 6.07) is 1.96. The Morgan fingerprint density at radius 3 is 3.08 bits per heavy atom. The highest BCUT2D eigenvalue weighted by Gasteiger charge is 2.17. The molecule has 0 aliphatic carbocycles. The Balaban J connectivity index is 0.000000720. The predicted octanol–water partition coefficient (Wildman–Crippen LogP) is 1.56. The Morgan fingerprint density at radius 1 is 1.58 bits per heavy atom. The fraction of sp³-hybridized carbons (Fsp3) is 0.625. The third-order valence-corrected chi connectivity index (χ3v) is 2.16. The van der Waals surface area contributed by atoms with Gasteiger partial charge in [-0.2, -0.15) is 0 Å². The van der Waals surface area contributed by atoms with Crippen molar-refractivity contribution in [3.63, 3.8) is 0 Å². The number of rotatable bonds is 1. The predicted molar refractivity (Wildman–Crippen MR) is 48.6 cm³/mol. The molecular formula is C8H13ClN2O. The van der Waals surface area contributed by atoms with Gasteiger partial charge in [-0.1, -0.05) is 5.16 Å². The average molecular weight is 189 g/mol. The van der Waals surface area contributed by atoms with Crippen molar-refractivity contribution in [3.8, 4) is 0 Å². The molecule has 0 unspecified atom stereocenters. The Labute approximate surface area is 77.9 Å². The molecule has 0 spiro atoms. The molecule has 1 aromatic heterocycles. The first-order valence-corrected chi connectivity index (χ1v) is 4.08. The molecule has 2 rings (SSSR count). The molecule has 1 saturated heterocycles. The fourth-order valence-corrected chi connectivity index (χ4v) is 1.53. The quantitative estimate of drug-likeness (QED) is 0.727. The van der Waals surface area contributed by atoms with Crippen LogP contribution in [0.4, 0.5) is 0 Å². The van der Waals surface area contributed by atoms with Crippen LogP contribution in [0.5, 0.6) is 0 Å². The normalized spacial score (nSPS) is 23.2. The summed E-state index contributed by atoms with van der Waals surface area (Å²) in [6.07, 6.45) is 4.18. The van der Waals surface area contributed by atoms with E-state index in [9.17, 15) is 0 Å². The van der Waals surface area contributed by atoms with Crippen LogP contribution in [-0.4, -0.2) is 18.2 Å². The van der Waals surface area contributed by atoms with Crippen molar-refractivity contribution < 1.29 is 4.52 Å². The van der Waals surface area contributed by atoms with Gasteiger partial charge in [-0.15, -0.1) is 12.4 Å². The number of nitrogens with one attached hydrogen (secondary N) is 1. The molecular weight excluding hydrogens is 176 g/mol. The van der Waals surface area contributed by atoms with Crippen LogP contribution in [0, 0.1) is 0 Å². The molecule has 0 aromatic carbocycles. The van der Waals surface area contributed by atoms with Crippen LogP contribution >= 0.6 is 12.4 Å². The van der Waals surface area contributed by atoms with E-state index in [0.29, 0.717) is 5.92 Å². The topological polar surface area (TPSA) is 38.1 Å². The third kappa shape index (κ3) is 1.99. The van der Waals surface area contributed by atoms with Crippen LogP contribution in [0.15, 0.2) is 16.8 Å². The van der Waals surface area contributed by atoms with E-state index >= 15 is 0 Å². The lowest BCUT2D eigenvalue weighted by Crippen LogP contribution is -2.28. The number of aromatic nitrogens is 1. The van der Waals surface area contributed by atoms with Crippen LogP contribution in [0.1, 0.15) is 24.5 Å². The molecule has 3 nitrogen and oxygen atoms in total. The number of piperidine rings is 1. The van der Waals surface area contributed by atoms with Crippen molar-refractivity contribution in [1.29, 1.82) is 0 Å². The molecule has 0 bridgehead atoms. The summed E-state index contributed by atoms with van der Waals surface area (Å²) in [5.74, 6) is 1.57. The van der Waals surface area contributed by atoms with E-state index < -0.39 is 0 Å². The maximum Gasteiger partial charge on any atom is 0.141 e. The second-order valence-electron chi connectivity index (χ2n) is 2.96. The zero-order valence-corrected chi connectivity index (χ0v) is 7.64. The fourth-order valence-electron chi connectivity index (χ4n) is 1.53. The minimum Gasteiger partial charge on any atom is -0.361 e. The lowest BCUT2D eigenvalue weighted by atomic mass is 9.97. The van der Waals surface area contributed by atoms with Gasteiger partial charge in [0.15, 0.2) is 0 Å². The van der Waals surface area contributed by atoms with Gasteiger partial charge in [0.25, 0.3) is 0 Å². The second-order valence-corrected chi connectivity index (χ2v) is 2.96. The summed E-state index contributed by atoms with van der Waals surface area (Å²) < 4.78 is 5.08. The molecule has 1 aliphatic rings. The van der Waals surface area contributed by atoms with E-state index in [4.69, 9.17) is 4.52 Å². The van der Waals surface area contributed by atoms with E-state index in [1.807, 2.05) is 6.07 Å². The van der Waals surface area contributed by atoms with E-state index in [-0.39, 0.29) is 12.4 Å². The first kappa shape index (κ1) is 9.55. The monoisotopic (exact) mass is 188 g/mol. The first-order valence-electron chi connectivity index (χ1n) is 4.08. The van der Waals surface area contributed by atoms with Gasteiger partial charge in [0.05, 0.1) is 6.20 Å². The van der Waals surface area contributed by atoms with Gasteiger partial charge >= 0.3 is 0 Å². The summed E-state index contributed by atoms with van der Waals surface area (Å²) in [6.45, 7) is 2.18. The molecule has 0 amide bonds. The van der Waals surface area contributed by atoms with Gasteiger partial charge in [-0.05, 0) is 19.4 Å². The van der Waals surface area contributed by atoms with Gasteiger partial charge in [-0.3, -0.25) is 0 Å². The Hall–Kier alpha value is -0.540. The molecule has 12 heavy (non-hydrogen) atoms. The molecule has 0 saturated carbocycles. The van der Waals surface area contributed by atoms with Gasteiger partial charge < -0.3 is 9.84 Å². The maximum atomic E-state index is 5.08. The van der Waals surface area contributed by atoms with Crippen LogP contribution in [0.2, 0.25) is 0 Å². The molecule has 1 N–H and O–H groups in total. The molecule has 2 heterocycles. The Morgan fingerprint density at radius 2 is 2.50 bits per heavy atom. The zero-order valence-electron chi connectivity index (χ0n) is 6.82. The maximum absolute atomic E-state index is 5.08. The van der Waals surface area contributed by atoms with Crippen molar-refractivity contribution in [2.24, 2.45) is 0 Å². The number of nitrogens with zero attached hydrogens (tertiary/aromatic N) is 1. The molecule has 4 heteroatoms.